The van der Waals surface area contributed by atoms with Crippen LogP contribution in [0.3, 0.4) is 0 Å². The van der Waals surface area contributed by atoms with Crippen molar-refractivity contribution < 1.29 is 9.59 Å². The van der Waals surface area contributed by atoms with Gasteiger partial charge in [0.25, 0.3) is 5.91 Å². The third kappa shape index (κ3) is 5.26. The molecule has 2 amide bonds. The van der Waals surface area contributed by atoms with E-state index in [1.165, 1.54) is 4.90 Å². The summed E-state index contributed by atoms with van der Waals surface area (Å²) in [5.74, 6) is 0.638. The van der Waals surface area contributed by atoms with Crippen LogP contribution in [0, 0.1) is 5.92 Å². The molecule has 2 rings (SSSR count). The van der Waals surface area contributed by atoms with Crippen molar-refractivity contribution in [1.82, 2.24) is 9.80 Å². The normalized spacial score (nSPS) is 15.2. The van der Waals surface area contributed by atoms with E-state index in [9.17, 15) is 9.59 Å². The molecule has 0 aromatic heterocycles. The second kappa shape index (κ2) is 8.56. The number of thioether (sulfide) groups is 1. The van der Waals surface area contributed by atoms with Crippen molar-refractivity contribution in [3.63, 3.8) is 0 Å². The van der Waals surface area contributed by atoms with Gasteiger partial charge >= 0.3 is 0 Å². The van der Waals surface area contributed by atoms with Gasteiger partial charge in [0.05, 0.1) is 0 Å². The van der Waals surface area contributed by atoms with Gasteiger partial charge in [-0.15, -0.1) is 11.8 Å². The highest BCUT2D eigenvalue weighted by Crippen LogP contribution is 2.23. The SMILES string of the molecule is CC(C)CC(=O)N1CCN(C(=O)c2ccc(SC(C)C)cc2)CC1. The molecule has 0 saturated carbocycles. The van der Waals surface area contributed by atoms with Crippen molar-refractivity contribution in [2.75, 3.05) is 26.2 Å². The maximum Gasteiger partial charge on any atom is 0.253 e. The van der Waals surface area contributed by atoms with Gasteiger partial charge < -0.3 is 9.80 Å². The number of rotatable bonds is 5. The van der Waals surface area contributed by atoms with Gasteiger partial charge in [-0.1, -0.05) is 27.7 Å². The molecule has 0 aliphatic carbocycles. The Bertz CT molecular complexity index is 561. The first-order chi connectivity index (χ1) is 11.4. The summed E-state index contributed by atoms with van der Waals surface area (Å²) in [6.07, 6.45) is 0.586. The summed E-state index contributed by atoms with van der Waals surface area (Å²) >= 11 is 1.79. The van der Waals surface area contributed by atoms with Crippen LogP contribution in [0.15, 0.2) is 29.2 Å². The summed E-state index contributed by atoms with van der Waals surface area (Å²) in [5.41, 5.74) is 0.727. The van der Waals surface area contributed by atoms with E-state index in [1.54, 1.807) is 11.8 Å². The van der Waals surface area contributed by atoms with Crippen LogP contribution in [-0.4, -0.2) is 53.0 Å². The Hall–Kier alpha value is -1.49. The average Bonchev–Trinajstić information content (AvgIpc) is 2.54. The van der Waals surface area contributed by atoms with E-state index in [1.807, 2.05) is 34.1 Å². The first kappa shape index (κ1) is 18.8. The highest BCUT2D eigenvalue weighted by atomic mass is 32.2. The second-order valence-corrected chi connectivity index (χ2v) is 8.61. The van der Waals surface area contributed by atoms with Crippen LogP contribution >= 0.6 is 11.8 Å². The lowest BCUT2D eigenvalue weighted by Gasteiger charge is -2.35. The Kier molecular flexibility index (Phi) is 6.72. The van der Waals surface area contributed by atoms with E-state index < -0.39 is 0 Å². The number of piperazine rings is 1. The van der Waals surface area contributed by atoms with Gasteiger partial charge in [-0.25, -0.2) is 0 Å². The van der Waals surface area contributed by atoms with E-state index in [0.717, 1.165) is 5.56 Å². The first-order valence-corrected chi connectivity index (χ1v) is 9.58. The van der Waals surface area contributed by atoms with Crippen LogP contribution in [0.5, 0.6) is 0 Å². The molecule has 0 radical (unpaired) electrons. The largest absolute Gasteiger partial charge is 0.339 e. The van der Waals surface area contributed by atoms with Gasteiger partial charge in [0.2, 0.25) is 5.91 Å². The third-order valence-corrected chi connectivity index (χ3v) is 4.99. The average molecular weight is 349 g/mol. The third-order valence-electron chi connectivity index (χ3n) is 3.98. The van der Waals surface area contributed by atoms with Gasteiger partial charge in [0.1, 0.15) is 0 Å². The highest BCUT2D eigenvalue weighted by molar-refractivity contribution is 7.99. The predicted molar refractivity (Wildman–Crippen MR) is 99.4 cm³/mol. The quantitative estimate of drug-likeness (QED) is 0.765. The maximum absolute atomic E-state index is 12.6. The highest BCUT2D eigenvalue weighted by Gasteiger charge is 2.25. The van der Waals surface area contributed by atoms with Gasteiger partial charge in [0, 0.05) is 48.3 Å². The van der Waals surface area contributed by atoms with Crippen LogP contribution in [0.4, 0.5) is 0 Å². The lowest BCUT2D eigenvalue weighted by Crippen LogP contribution is -2.50. The summed E-state index contributed by atoms with van der Waals surface area (Å²) < 4.78 is 0. The van der Waals surface area contributed by atoms with Crippen molar-refractivity contribution in [2.24, 2.45) is 5.92 Å². The zero-order valence-corrected chi connectivity index (χ0v) is 15.9. The van der Waals surface area contributed by atoms with Crippen LogP contribution < -0.4 is 0 Å². The number of carbonyl (C=O) groups excluding carboxylic acids is 2. The Morgan fingerprint density at radius 2 is 1.50 bits per heavy atom. The van der Waals surface area contributed by atoms with Crippen molar-refractivity contribution in [3.05, 3.63) is 29.8 Å². The smallest absolute Gasteiger partial charge is 0.253 e. The Morgan fingerprint density at radius 1 is 0.958 bits per heavy atom. The van der Waals surface area contributed by atoms with Crippen molar-refractivity contribution in [2.45, 2.75) is 44.3 Å². The number of benzene rings is 1. The molecule has 1 aromatic rings. The molecule has 0 unspecified atom stereocenters. The molecule has 24 heavy (non-hydrogen) atoms. The minimum Gasteiger partial charge on any atom is -0.339 e. The first-order valence-electron chi connectivity index (χ1n) is 8.70. The van der Waals surface area contributed by atoms with Crippen LogP contribution in [0.1, 0.15) is 44.5 Å². The molecule has 0 bridgehead atoms. The molecule has 1 fully saturated rings. The van der Waals surface area contributed by atoms with Crippen molar-refractivity contribution >= 4 is 23.6 Å². The molecular weight excluding hydrogens is 320 g/mol. The summed E-state index contributed by atoms with van der Waals surface area (Å²) in [6, 6.07) is 7.84. The number of amides is 2. The van der Waals surface area contributed by atoms with Crippen molar-refractivity contribution in [1.29, 1.82) is 0 Å². The van der Waals surface area contributed by atoms with Gasteiger partial charge in [-0.3, -0.25) is 9.59 Å². The monoisotopic (exact) mass is 348 g/mol. The second-order valence-electron chi connectivity index (χ2n) is 6.96. The summed E-state index contributed by atoms with van der Waals surface area (Å²) in [7, 11) is 0. The number of hydrogen-bond acceptors (Lipinski definition) is 3. The zero-order valence-electron chi connectivity index (χ0n) is 15.1. The number of nitrogens with zero attached hydrogens (tertiary/aromatic N) is 2. The molecule has 0 spiro atoms. The molecule has 1 aliphatic heterocycles. The fraction of sp³-hybridized carbons (Fsp3) is 0.579. The fourth-order valence-electron chi connectivity index (χ4n) is 2.77. The lowest BCUT2D eigenvalue weighted by atomic mass is 10.1. The molecule has 132 valence electrons. The Balaban J connectivity index is 1.89. The van der Waals surface area contributed by atoms with Crippen LogP contribution in [0.25, 0.3) is 0 Å². The standard InChI is InChI=1S/C19H28N2O2S/c1-14(2)13-18(22)20-9-11-21(12-10-20)19(23)16-5-7-17(8-6-16)24-15(3)4/h5-8,14-15H,9-13H2,1-4H3. The van der Waals surface area contributed by atoms with Crippen LogP contribution in [0.2, 0.25) is 0 Å². The van der Waals surface area contributed by atoms with E-state index in [-0.39, 0.29) is 11.8 Å². The van der Waals surface area contributed by atoms with Crippen molar-refractivity contribution in [3.8, 4) is 0 Å². The summed E-state index contributed by atoms with van der Waals surface area (Å²) in [6.45, 7) is 10.9. The van der Waals surface area contributed by atoms with E-state index >= 15 is 0 Å². The number of hydrogen-bond donors (Lipinski definition) is 0. The van der Waals surface area contributed by atoms with E-state index in [2.05, 4.69) is 27.7 Å². The minimum atomic E-state index is 0.0621. The Labute approximate surface area is 149 Å². The molecule has 4 nitrogen and oxygen atoms in total. The fourth-order valence-corrected chi connectivity index (χ4v) is 3.61. The molecular formula is C19H28N2O2S. The Morgan fingerprint density at radius 3 is 2.00 bits per heavy atom. The minimum absolute atomic E-state index is 0.0621. The topological polar surface area (TPSA) is 40.6 Å². The van der Waals surface area contributed by atoms with Crippen LogP contribution in [-0.2, 0) is 4.79 Å². The molecule has 0 N–H and O–H groups in total. The molecule has 1 heterocycles. The molecule has 1 aliphatic rings. The molecule has 1 aromatic carbocycles. The maximum atomic E-state index is 12.6. The number of carbonyl (C=O) groups is 2. The summed E-state index contributed by atoms with van der Waals surface area (Å²) in [5, 5.41) is 0.531. The van der Waals surface area contributed by atoms with E-state index in [4.69, 9.17) is 0 Å². The van der Waals surface area contributed by atoms with Gasteiger partial charge in [0.15, 0.2) is 0 Å². The van der Waals surface area contributed by atoms with Gasteiger partial charge in [-0.05, 0) is 30.2 Å². The molecule has 1 saturated heterocycles. The zero-order chi connectivity index (χ0) is 17.7. The molecule has 5 heteroatoms. The predicted octanol–water partition coefficient (Wildman–Crippen LogP) is 3.52. The molecule has 0 atom stereocenters. The van der Waals surface area contributed by atoms with E-state index in [0.29, 0.717) is 43.8 Å². The van der Waals surface area contributed by atoms with Gasteiger partial charge in [-0.2, -0.15) is 0 Å². The lowest BCUT2D eigenvalue weighted by molar-refractivity contribution is -0.133. The summed E-state index contributed by atoms with van der Waals surface area (Å²) in [4.78, 5) is 29.6.